The Morgan fingerprint density at radius 2 is 0.913 bits per heavy atom. The van der Waals surface area contributed by atoms with E-state index in [1.807, 2.05) is 14.1 Å². The summed E-state index contributed by atoms with van der Waals surface area (Å²) in [5, 5.41) is 7.55. The predicted octanol–water partition coefficient (Wildman–Crippen LogP) is -0.793. The smallest absolute Gasteiger partial charge is 0.306 e. The second kappa shape index (κ2) is 19.8. The van der Waals surface area contributed by atoms with Gasteiger partial charge in [0.25, 0.3) is 0 Å². The van der Waals surface area contributed by atoms with Crippen LogP contribution in [0.1, 0.15) is 25.7 Å². The monoisotopic (exact) mass is 335 g/mol. The summed E-state index contributed by atoms with van der Waals surface area (Å²) >= 11 is 0. The summed E-state index contributed by atoms with van der Waals surface area (Å²) in [5.74, 6) is -1.01. The van der Waals surface area contributed by atoms with Gasteiger partial charge in [-0.2, -0.15) is 0 Å². The van der Waals surface area contributed by atoms with Gasteiger partial charge < -0.3 is 25.4 Å². The molecular weight excluding hydrogens is 306 g/mol. The molecule has 0 aromatic rings. The lowest BCUT2D eigenvalue weighted by Gasteiger charge is -1.97. The van der Waals surface area contributed by atoms with Gasteiger partial charge in [0.2, 0.25) is 11.8 Å². The Bertz CT molecular complexity index is 283. The lowest BCUT2D eigenvalue weighted by molar-refractivity contribution is -0.142. The van der Waals surface area contributed by atoms with Gasteiger partial charge in [0.05, 0.1) is 27.1 Å². The van der Waals surface area contributed by atoms with Crippen molar-refractivity contribution in [2.24, 2.45) is 0 Å². The molecular formula is C14H29N3O6. The van der Waals surface area contributed by atoms with Gasteiger partial charge in [0.1, 0.15) is 0 Å². The van der Waals surface area contributed by atoms with Crippen LogP contribution in [0.5, 0.6) is 0 Å². The molecule has 0 saturated carbocycles. The molecule has 0 aliphatic carbocycles. The first-order chi connectivity index (χ1) is 10.8. The van der Waals surface area contributed by atoms with Gasteiger partial charge in [-0.25, -0.2) is 0 Å². The van der Waals surface area contributed by atoms with Crippen LogP contribution < -0.4 is 16.0 Å². The van der Waals surface area contributed by atoms with Gasteiger partial charge in [0, 0.05) is 26.9 Å². The van der Waals surface area contributed by atoms with E-state index in [2.05, 4.69) is 25.4 Å². The van der Waals surface area contributed by atoms with Crippen molar-refractivity contribution < 1.29 is 28.7 Å². The van der Waals surface area contributed by atoms with Crippen LogP contribution in [0.2, 0.25) is 0 Å². The average Bonchev–Trinajstić information content (AvgIpc) is 2.57. The second-order valence-corrected chi connectivity index (χ2v) is 4.00. The highest BCUT2D eigenvalue weighted by Crippen LogP contribution is 1.90. The molecule has 9 nitrogen and oxygen atoms in total. The van der Waals surface area contributed by atoms with Gasteiger partial charge in [-0.1, -0.05) is 0 Å². The zero-order chi connectivity index (χ0) is 18.7. The number of amides is 2. The lowest BCUT2D eigenvalue weighted by atomic mass is 10.3. The standard InChI is InChI=1S/2C6H11NO3.C2H7N/c2*1-7-5(8)3-4-6(9)10-2;1-3-2/h2*3-4H2,1-2H3,(H,7,8);3H,1-2H3. The highest BCUT2D eigenvalue weighted by atomic mass is 16.5. The highest BCUT2D eigenvalue weighted by molar-refractivity contribution is 5.81. The summed E-state index contributed by atoms with van der Waals surface area (Å²) in [4.78, 5) is 41.9. The van der Waals surface area contributed by atoms with Crippen molar-refractivity contribution in [1.82, 2.24) is 16.0 Å². The molecule has 0 fully saturated rings. The van der Waals surface area contributed by atoms with Crippen LogP contribution in [0.15, 0.2) is 0 Å². The topological polar surface area (TPSA) is 123 Å². The SMILES string of the molecule is CNC.CNC(=O)CCC(=O)OC.CNC(=O)CCC(=O)OC. The van der Waals surface area contributed by atoms with Crippen molar-refractivity contribution >= 4 is 23.8 Å². The van der Waals surface area contributed by atoms with Gasteiger partial charge in [-0.3, -0.25) is 19.2 Å². The van der Waals surface area contributed by atoms with Crippen molar-refractivity contribution in [2.45, 2.75) is 25.7 Å². The third-order valence-electron chi connectivity index (χ3n) is 2.13. The molecule has 0 rings (SSSR count). The number of carbonyl (C=O) groups excluding carboxylic acids is 4. The molecule has 0 spiro atoms. The van der Waals surface area contributed by atoms with Crippen molar-refractivity contribution in [3.05, 3.63) is 0 Å². The number of esters is 2. The molecule has 2 amide bonds. The van der Waals surface area contributed by atoms with Gasteiger partial charge in [0.15, 0.2) is 0 Å². The maximum atomic E-state index is 10.5. The van der Waals surface area contributed by atoms with Gasteiger partial charge >= 0.3 is 11.9 Å². The van der Waals surface area contributed by atoms with Crippen LogP contribution in [0.3, 0.4) is 0 Å². The van der Waals surface area contributed by atoms with Crippen LogP contribution in [-0.4, -0.2) is 66.2 Å². The largest absolute Gasteiger partial charge is 0.469 e. The lowest BCUT2D eigenvalue weighted by Crippen LogP contribution is -2.18. The third kappa shape index (κ3) is 25.2. The summed E-state index contributed by atoms with van der Waals surface area (Å²) in [7, 11) is 9.40. The molecule has 0 aromatic heterocycles. The van der Waals surface area contributed by atoms with Crippen LogP contribution in [0.4, 0.5) is 0 Å². The quantitative estimate of drug-likeness (QED) is 0.543. The minimum Gasteiger partial charge on any atom is -0.469 e. The fourth-order valence-corrected chi connectivity index (χ4v) is 0.885. The van der Waals surface area contributed by atoms with Crippen molar-refractivity contribution in [3.63, 3.8) is 0 Å². The van der Waals surface area contributed by atoms with Crippen LogP contribution in [0.25, 0.3) is 0 Å². The first-order valence-electron chi connectivity index (χ1n) is 6.96. The number of hydrogen-bond acceptors (Lipinski definition) is 7. The van der Waals surface area contributed by atoms with Gasteiger partial charge in [-0.05, 0) is 14.1 Å². The zero-order valence-electron chi connectivity index (χ0n) is 14.8. The first-order valence-corrected chi connectivity index (χ1v) is 6.96. The predicted molar refractivity (Wildman–Crippen MR) is 85.6 cm³/mol. The molecule has 0 aromatic carbocycles. The number of nitrogens with one attached hydrogen (secondary N) is 3. The Labute approximate surface area is 137 Å². The summed E-state index contributed by atoms with van der Waals surface area (Å²) in [6.45, 7) is 0. The van der Waals surface area contributed by atoms with Crippen molar-refractivity contribution in [2.75, 3.05) is 42.4 Å². The Balaban J connectivity index is -0.000000297. The normalized spacial score (nSPS) is 8.26. The fourth-order valence-electron chi connectivity index (χ4n) is 0.885. The molecule has 0 heterocycles. The van der Waals surface area contributed by atoms with E-state index in [9.17, 15) is 19.2 Å². The minimum absolute atomic E-state index is 0.148. The molecule has 0 unspecified atom stereocenters. The average molecular weight is 335 g/mol. The fraction of sp³-hybridized carbons (Fsp3) is 0.714. The highest BCUT2D eigenvalue weighted by Gasteiger charge is 2.04. The summed E-state index contributed by atoms with van der Waals surface area (Å²) < 4.78 is 8.65. The third-order valence-corrected chi connectivity index (χ3v) is 2.13. The van der Waals surface area contributed by atoms with E-state index < -0.39 is 0 Å². The van der Waals surface area contributed by atoms with Crippen LogP contribution in [0, 0.1) is 0 Å². The number of hydrogen-bond donors (Lipinski definition) is 3. The minimum atomic E-state index is -0.358. The van der Waals surface area contributed by atoms with E-state index in [0.29, 0.717) is 0 Å². The second-order valence-electron chi connectivity index (χ2n) is 4.00. The van der Waals surface area contributed by atoms with Crippen molar-refractivity contribution in [3.8, 4) is 0 Å². The Morgan fingerprint density at radius 1 is 0.652 bits per heavy atom. The van der Waals surface area contributed by atoms with E-state index in [1.54, 1.807) is 0 Å². The summed E-state index contributed by atoms with van der Waals surface area (Å²) in [5.41, 5.74) is 0. The maximum absolute atomic E-state index is 10.5. The number of carbonyl (C=O) groups is 4. The Morgan fingerprint density at radius 3 is 1.09 bits per heavy atom. The summed E-state index contributed by atoms with van der Waals surface area (Å²) in [6, 6.07) is 0. The van der Waals surface area contributed by atoms with Crippen LogP contribution >= 0.6 is 0 Å². The number of methoxy groups -OCH3 is 2. The van der Waals surface area contributed by atoms with Gasteiger partial charge in [-0.15, -0.1) is 0 Å². The number of rotatable bonds is 6. The molecule has 0 atom stereocenters. The molecule has 0 radical (unpaired) electrons. The molecule has 0 aliphatic heterocycles. The van der Waals surface area contributed by atoms with E-state index in [4.69, 9.17) is 0 Å². The number of ether oxygens (including phenoxy) is 2. The Hall–Kier alpha value is -2.16. The molecule has 3 N–H and O–H groups in total. The molecule has 9 heteroatoms. The zero-order valence-corrected chi connectivity index (χ0v) is 14.8. The van der Waals surface area contributed by atoms with E-state index in [1.165, 1.54) is 28.3 Å². The molecule has 0 aliphatic rings. The first kappa shape index (κ1) is 25.8. The van der Waals surface area contributed by atoms with E-state index >= 15 is 0 Å². The maximum Gasteiger partial charge on any atom is 0.306 e. The molecule has 0 bridgehead atoms. The van der Waals surface area contributed by atoms with Crippen LogP contribution in [-0.2, 0) is 28.7 Å². The van der Waals surface area contributed by atoms with Crippen molar-refractivity contribution in [1.29, 1.82) is 0 Å². The van der Waals surface area contributed by atoms with E-state index in [0.717, 1.165) is 0 Å². The Kier molecular flexibility index (Phi) is 22.2. The molecule has 0 saturated heterocycles. The molecule has 23 heavy (non-hydrogen) atoms. The van der Waals surface area contributed by atoms with E-state index in [-0.39, 0.29) is 49.4 Å². The molecule has 136 valence electrons. The summed E-state index contributed by atoms with van der Waals surface area (Å²) in [6.07, 6.45) is 0.693.